The van der Waals surface area contributed by atoms with Crippen LogP contribution >= 0.6 is 0 Å². The van der Waals surface area contributed by atoms with E-state index in [9.17, 15) is 0 Å². The average molecular weight is 220 g/mol. The molecule has 1 aromatic rings. The number of guanidine groups is 1. The van der Waals surface area contributed by atoms with Gasteiger partial charge in [-0.15, -0.1) is 0 Å². The molecule has 1 saturated heterocycles. The largest absolute Gasteiger partial charge is 0.378 e. The third-order valence-corrected chi connectivity index (χ3v) is 2.43. The first kappa shape index (κ1) is 10.9. The molecule has 0 spiro atoms. The zero-order valence-corrected chi connectivity index (χ0v) is 9.10. The summed E-state index contributed by atoms with van der Waals surface area (Å²) in [6.07, 6.45) is 0. The molecule has 0 radical (unpaired) electrons. The van der Waals surface area contributed by atoms with Crippen LogP contribution in [0.2, 0.25) is 0 Å². The normalized spacial score (nSPS) is 17.3. The fraction of sp³-hybridized carbons (Fsp3) is 0.364. The van der Waals surface area contributed by atoms with Crippen LogP contribution in [0.15, 0.2) is 35.3 Å². The van der Waals surface area contributed by atoms with Crippen LogP contribution in [0.4, 0.5) is 5.69 Å². The van der Waals surface area contributed by atoms with Crippen LogP contribution in [-0.2, 0) is 4.74 Å². The predicted octanol–water partition coefficient (Wildman–Crippen LogP) is 0.470. The first-order chi connectivity index (χ1) is 7.90. The van der Waals surface area contributed by atoms with Gasteiger partial charge in [-0.1, -0.05) is 18.2 Å². The van der Waals surface area contributed by atoms with Gasteiger partial charge in [0.2, 0.25) is 5.96 Å². The highest BCUT2D eigenvalue weighted by Crippen LogP contribution is 2.11. The van der Waals surface area contributed by atoms with Gasteiger partial charge in [0.25, 0.3) is 0 Å². The Kier molecular flexibility index (Phi) is 3.74. The van der Waals surface area contributed by atoms with E-state index in [-0.39, 0.29) is 0 Å². The summed E-state index contributed by atoms with van der Waals surface area (Å²) >= 11 is 0. The molecule has 3 N–H and O–H groups in total. The quantitative estimate of drug-likeness (QED) is 0.312. The van der Waals surface area contributed by atoms with Gasteiger partial charge in [-0.3, -0.25) is 5.43 Å². The van der Waals surface area contributed by atoms with Gasteiger partial charge in [0, 0.05) is 13.1 Å². The Bertz CT molecular complexity index is 346. The molecule has 0 amide bonds. The molecule has 0 atom stereocenters. The van der Waals surface area contributed by atoms with Gasteiger partial charge in [-0.25, -0.2) is 10.8 Å². The third-order valence-electron chi connectivity index (χ3n) is 2.43. The van der Waals surface area contributed by atoms with E-state index in [0.717, 1.165) is 32.0 Å². The van der Waals surface area contributed by atoms with E-state index in [4.69, 9.17) is 10.6 Å². The molecule has 1 aliphatic heterocycles. The monoisotopic (exact) mass is 220 g/mol. The standard InChI is InChI=1S/C11H16N4O/c12-14-11(15-6-8-16-9-7-15)13-10-4-2-1-3-5-10/h1-5H,6-9,12H2,(H,13,14). The van der Waals surface area contributed by atoms with Crippen molar-refractivity contribution in [2.45, 2.75) is 0 Å². The second-order valence-electron chi connectivity index (χ2n) is 3.51. The molecule has 1 fully saturated rings. The molecule has 2 rings (SSSR count). The Balaban J connectivity index is 2.12. The molecule has 5 nitrogen and oxygen atoms in total. The summed E-state index contributed by atoms with van der Waals surface area (Å²) in [7, 11) is 0. The SMILES string of the molecule is NNC(=Nc1ccccc1)N1CCOCC1. The van der Waals surface area contributed by atoms with Crippen molar-refractivity contribution in [2.75, 3.05) is 26.3 Å². The van der Waals surface area contributed by atoms with E-state index in [1.54, 1.807) is 0 Å². The van der Waals surface area contributed by atoms with Crippen molar-refractivity contribution >= 4 is 11.6 Å². The molecule has 16 heavy (non-hydrogen) atoms. The van der Waals surface area contributed by atoms with Crippen molar-refractivity contribution in [3.05, 3.63) is 30.3 Å². The molecular formula is C11H16N4O. The number of nitrogens with two attached hydrogens (primary N) is 1. The number of benzene rings is 1. The Labute approximate surface area is 94.9 Å². The summed E-state index contributed by atoms with van der Waals surface area (Å²) in [6, 6.07) is 9.75. The zero-order chi connectivity index (χ0) is 11.2. The summed E-state index contributed by atoms with van der Waals surface area (Å²) in [5, 5.41) is 0. The van der Waals surface area contributed by atoms with Crippen LogP contribution in [0.5, 0.6) is 0 Å². The number of hydrazine groups is 1. The summed E-state index contributed by atoms with van der Waals surface area (Å²) in [5.74, 6) is 6.18. The van der Waals surface area contributed by atoms with E-state index in [2.05, 4.69) is 15.3 Å². The number of nitrogens with one attached hydrogen (secondary N) is 1. The van der Waals surface area contributed by atoms with Crippen molar-refractivity contribution in [2.24, 2.45) is 10.8 Å². The van der Waals surface area contributed by atoms with Gasteiger partial charge in [0.15, 0.2) is 0 Å². The smallest absolute Gasteiger partial charge is 0.213 e. The lowest BCUT2D eigenvalue weighted by molar-refractivity contribution is 0.0666. The molecule has 0 unspecified atom stereocenters. The average Bonchev–Trinajstić information content (AvgIpc) is 2.38. The molecule has 1 aliphatic rings. The molecule has 0 aliphatic carbocycles. The van der Waals surface area contributed by atoms with Crippen LogP contribution in [-0.4, -0.2) is 37.2 Å². The van der Waals surface area contributed by atoms with Gasteiger partial charge in [-0.05, 0) is 12.1 Å². The number of hydrogen-bond acceptors (Lipinski definition) is 3. The summed E-state index contributed by atoms with van der Waals surface area (Å²) in [5.41, 5.74) is 3.53. The van der Waals surface area contributed by atoms with Gasteiger partial charge in [0.1, 0.15) is 0 Å². The number of para-hydroxylation sites is 1. The third kappa shape index (κ3) is 2.71. The highest BCUT2D eigenvalue weighted by Gasteiger charge is 2.13. The van der Waals surface area contributed by atoms with Crippen molar-refractivity contribution in [1.82, 2.24) is 10.3 Å². The number of nitrogens with zero attached hydrogens (tertiary/aromatic N) is 2. The lowest BCUT2D eigenvalue weighted by atomic mass is 10.3. The molecular weight excluding hydrogens is 204 g/mol. The molecule has 1 heterocycles. The van der Waals surface area contributed by atoms with Crippen molar-refractivity contribution in [1.29, 1.82) is 0 Å². The molecule has 1 aromatic carbocycles. The van der Waals surface area contributed by atoms with Gasteiger partial charge in [-0.2, -0.15) is 0 Å². The number of hydrogen-bond donors (Lipinski definition) is 2. The number of morpholine rings is 1. The van der Waals surface area contributed by atoms with E-state index in [0.29, 0.717) is 5.96 Å². The predicted molar refractivity (Wildman–Crippen MR) is 63.3 cm³/mol. The molecule has 0 bridgehead atoms. The van der Waals surface area contributed by atoms with Gasteiger partial charge < -0.3 is 9.64 Å². The van der Waals surface area contributed by atoms with E-state index < -0.39 is 0 Å². The van der Waals surface area contributed by atoms with E-state index in [1.165, 1.54) is 0 Å². The highest BCUT2D eigenvalue weighted by molar-refractivity contribution is 5.82. The summed E-state index contributed by atoms with van der Waals surface area (Å²) in [4.78, 5) is 6.53. The molecule has 0 aromatic heterocycles. The highest BCUT2D eigenvalue weighted by atomic mass is 16.5. The van der Waals surface area contributed by atoms with Crippen LogP contribution in [0, 0.1) is 0 Å². The minimum atomic E-state index is 0.689. The molecule has 0 saturated carbocycles. The van der Waals surface area contributed by atoms with Gasteiger partial charge >= 0.3 is 0 Å². The Morgan fingerprint density at radius 1 is 1.25 bits per heavy atom. The van der Waals surface area contributed by atoms with Crippen LogP contribution < -0.4 is 11.3 Å². The van der Waals surface area contributed by atoms with Crippen LogP contribution in [0.25, 0.3) is 0 Å². The van der Waals surface area contributed by atoms with Crippen LogP contribution in [0.3, 0.4) is 0 Å². The van der Waals surface area contributed by atoms with Crippen molar-refractivity contribution in [3.63, 3.8) is 0 Å². The van der Waals surface area contributed by atoms with Crippen molar-refractivity contribution < 1.29 is 4.74 Å². The maximum absolute atomic E-state index is 5.49. The topological polar surface area (TPSA) is 62.9 Å². The van der Waals surface area contributed by atoms with Crippen LogP contribution in [0.1, 0.15) is 0 Å². The van der Waals surface area contributed by atoms with Gasteiger partial charge in [0.05, 0.1) is 18.9 Å². The summed E-state index contributed by atoms with van der Waals surface area (Å²) in [6.45, 7) is 3.07. The first-order valence-corrected chi connectivity index (χ1v) is 5.33. The lowest BCUT2D eigenvalue weighted by Crippen LogP contribution is -2.49. The Hall–Kier alpha value is -1.59. The summed E-state index contributed by atoms with van der Waals surface area (Å²) < 4.78 is 5.28. The molecule has 5 heteroatoms. The lowest BCUT2D eigenvalue weighted by Gasteiger charge is -2.29. The maximum Gasteiger partial charge on any atom is 0.213 e. The second kappa shape index (κ2) is 5.48. The number of ether oxygens (including phenoxy) is 1. The number of aliphatic imine (C=N–C) groups is 1. The van der Waals surface area contributed by atoms with E-state index >= 15 is 0 Å². The number of rotatable bonds is 1. The fourth-order valence-electron chi connectivity index (χ4n) is 1.59. The minimum Gasteiger partial charge on any atom is -0.378 e. The fourth-order valence-corrected chi connectivity index (χ4v) is 1.59. The zero-order valence-electron chi connectivity index (χ0n) is 9.10. The minimum absolute atomic E-state index is 0.689. The van der Waals surface area contributed by atoms with Crippen molar-refractivity contribution in [3.8, 4) is 0 Å². The second-order valence-corrected chi connectivity index (χ2v) is 3.51. The maximum atomic E-state index is 5.49. The van der Waals surface area contributed by atoms with E-state index in [1.807, 2.05) is 30.3 Å². The Morgan fingerprint density at radius 3 is 2.56 bits per heavy atom. The Morgan fingerprint density at radius 2 is 1.94 bits per heavy atom. The molecule has 86 valence electrons. The first-order valence-electron chi connectivity index (χ1n) is 5.33.